The number of nitrogens with zero attached hydrogens (tertiary/aromatic N) is 2. The molecule has 0 aromatic rings. The van der Waals surface area contributed by atoms with E-state index in [2.05, 4.69) is 56.9 Å². The average Bonchev–Trinajstić information content (AvgIpc) is 2.22. The van der Waals surface area contributed by atoms with Crippen molar-refractivity contribution < 1.29 is 5.11 Å². The number of hydrogen-bond acceptors (Lipinski definition) is 4. The van der Waals surface area contributed by atoms with Gasteiger partial charge >= 0.3 is 0 Å². The minimum Gasteiger partial charge on any atom is -0.390 e. The molecule has 0 heterocycles. The molecule has 0 rings (SSSR count). The molecule has 0 aliphatic heterocycles. The van der Waals surface area contributed by atoms with Gasteiger partial charge in [-0.1, -0.05) is 27.7 Å². The zero-order chi connectivity index (χ0) is 14.1. The molecule has 0 saturated heterocycles. The molecule has 110 valence electrons. The molecular weight excluding hydrogens is 226 g/mol. The van der Waals surface area contributed by atoms with E-state index in [0.717, 1.165) is 26.2 Å². The summed E-state index contributed by atoms with van der Waals surface area (Å²) in [4.78, 5) is 4.55. The van der Waals surface area contributed by atoms with Crippen LogP contribution in [0, 0.1) is 5.92 Å². The van der Waals surface area contributed by atoms with E-state index >= 15 is 0 Å². The van der Waals surface area contributed by atoms with Crippen LogP contribution < -0.4 is 5.32 Å². The summed E-state index contributed by atoms with van der Waals surface area (Å²) in [7, 11) is 4.18. The second-order valence-corrected chi connectivity index (χ2v) is 6.17. The fourth-order valence-corrected chi connectivity index (χ4v) is 1.85. The van der Waals surface area contributed by atoms with E-state index < -0.39 is 0 Å². The van der Waals surface area contributed by atoms with Crippen LogP contribution in [0.3, 0.4) is 0 Å². The van der Waals surface area contributed by atoms with Gasteiger partial charge in [-0.2, -0.15) is 0 Å². The zero-order valence-electron chi connectivity index (χ0n) is 13.1. The van der Waals surface area contributed by atoms with Crippen LogP contribution in [-0.2, 0) is 0 Å². The number of rotatable bonds is 10. The number of likely N-dealkylation sites (N-methyl/N-ethyl adjacent to an activating group) is 1. The molecule has 0 saturated carbocycles. The third-order valence-electron chi connectivity index (χ3n) is 2.72. The maximum Gasteiger partial charge on any atom is 0.0791 e. The lowest BCUT2D eigenvalue weighted by atomic mass is 10.2. The maximum atomic E-state index is 10.0. The van der Waals surface area contributed by atoms with E-state index in [4.69, 9.17) is 0 Å². The van der Waals surface area contributed by atoms with Crippen molar-refractivity contribution in [1.82, 2.24) is 15.1 Å². The Kier molecular flexibility index (Phi) is 9.64. The smallest absolute Gasteiger partial charge is 0.0791 e. The van der Waals surface area contributed by atoms with Gasteiger partial charge < -0.3 is 15.3 Å². The molecule has 0 aromatic heterocycles. The summed E-state index contributed by atoms with van der Waals surface area (Å²) >= 11 is 0. The highest BCUT2D eigenvalue weighted by Gasteiger charge is 2.13. The monoisotopic (exact) mass is 259 g/mol. The van der Waals surface area contributed by atoms with E-state index in [-0.39, 0.29) is 6.10 Å². The van der Waals surface area contributed by atoms with Crippen LogP contribution in [-0.4, -0.2) is 73.9 Å². The molecule has 4 nitrogen and oxygen atoms in total. The van der Waals surface area contributed by atoms with Crippen LogP contribution in [0.4, 0.5) is 0 Å². The molecule has 0 aliphatic carbocycles. The number of nitrogens with one attached hydrogen (secondary N) is 1. The standard InChI is InChI=1S/C14H33N3O/c1-12(2)10-17(8-7-16(5)6)11-14(18)9-15-13(3)4/h12-15,18H,7-11H2,1-6H3. The van der Waals surface area contributed by atoms with Gasteiger partial charge in [0.25, 0.3) is 0 Å². The van der Waals surface area contributed by atoms with Crippen molar-refractivity contribution in [2.75, 3.05) is 46.8 Å². The van der Waals surface area contributed by atoms with Gasteiger partial charge in [0, 0.05) is 38.8 Å². The average molecular weight is 259 g/mol. The summed E-state index contributed by atoms with van der Waals surface area (Å²) in [5.41, 5.74) is 0. The fourth-order valence-electron chi connectivity index (χ4n) is 1.85. The summed E-state index contributed by atoms with van der Waals surface area (Å²) < 4.78 is 0. The quantitative estimate of drug-likeness (QED) is 0.610. The van der Waals surface area contributed by atoms with Crippen LogP contribution in [0.15, 0.2) is 0 Å². The van der Waals surface area contributed by atoms with Crippen LogP contribution in [0.1, 0.15) is 27.7 Å². The first kappa shape index (κ1) is 17.8. The fraction of sp³-hybridized carbons (Fsp3) is 1.00. The Hall–Kier alpha value is -0.160. The second-order valence-electron chi connectivity index (χ2n) is 6.17. The topological polar surface area (TPSA) is 38.7 Å². The Balaban J connectivity index is 4.04. The van der Waals surface area contributed by atoms with Gasteiger partial charge in [-0.25, -0.2) is 0 Å². The van der Waals surface area contributed by atoms with Crippen molar-refractivity contribution in [3.05, 3.63) is 0 Å². The molecule has 2 N–H and O–H groups in total. The highest BCUT2D eigenvalue weighted by molar-refractivity contribution is 4.70. The van der Waals surface area contributed by atoms with E-state index in [1.165, 1.54) is 0 Å². The molecule has 18 heavy (non-hydrogen) atoms. The first-order valence-corrected chi connectivity index (χ1v) is 7.09. The predicted molar refractivity (Wildman–Crippen MR) is 79.0 cm³/mol. The lowest BCUT2D eigenvalue weighted by molar-refractivity contribution is 0.0986. The summed E-state index contributed by atoms with van der Waals surface area (Å²) in [6.45, 7) is 13.2. The van der Waals surface area contributed by atoms with E-state index in [1.54, 1.807) is 0 Å². The highest BCUT2D eigenvalue weighted by Crippen LogP contribution is 2.00. The van der Waals surface area contributed by atoms with Gasteiger partial charge in [0.2, 0.25) is 0 Å². The van der Waals surface area contributed by atoms with E-state index in [9.17, 15) is 5.11 Å². The van der Waals surface area contributed by atoms with Crippen LogP contribution in [0.5, 0.6) is 0 Å². The van der Waals surface area contributed by atoms with Crippen molar-refractivity contribution in [2.24, 2.45) is 5.92 Å². The molecule has 0 aromatic carbocycles. The summed E-state index contributed by atoms with van der Waals surface area (Å²) in [5.74, 6) is 0.637. The van der Waals surface area contributed by atoms with E-state index in [0.29, 0.717) is 18.5 Å². The predicted octanol–water partition coefficient (Wildman–Crippen LogP) is 0.865. The minimum atomic E-state index is -0.284. The van der Waals surface area contributed by atoms with Crippen LogP contribution in [0.2, 0.25) is 0 Å². The first-order chi connectivity index (χ1) is 8.31. The summed E-state index contributed by atoms with van der Waals surface area (Å²) in [5, 5.41) is 13.3. The molecule has 4 heteroatoms. The third-order valence-corrected chi connectivity index (χ3v) is 2.72. The number of aliphatic hydroxyl groups excluding tert-OH is 1. The van der Waals surface area contributed by atoms with Gasteiger partial charge in [-0.15, -0.1) is 0 Å². The van der Waals surface area contributed by atoms with Crippen LogP contribution >= 0.6 is 0 Å². The molecule has 0 spiro atoms. The van der Waals surface area contributed by atoms with Crippen LogP contribution in [0.25, 0.3) is 0 Å². The summed E-state index contributed by atoms with van der Waals surface area (Å²) in [6.07, 6.45) is -0.284. The molecule has 0 fully saturated rings. The maximum absolute atomic E-state index is 10.0. The number of hydrogen-bond donors (Lipinski definition) is 2. The lowest BCUT2D eigenvalue weighted by Gasteiger charge is -2.28. The Labute approximate surface area is 113 Å². The van der Waals surface area contributed by atoms with Crippen molar-refractivity contribution >= 4 is 0 Å². The SMILES string of the molecule is CC(C)CN(CCN(C)C)CC(O)CNC(C)C. The number of aliphatic hydroxyl groups is 1. The first-order valence-electron chi connectivity index (χ1n) is 7.09. The lowest BCUT2D eigenvalue weighted by Crippen LogP contribution is -2.43. The molecule has 1 unspecified atom stereocenters. The Bertz CT molecular complexity index is 195. The third kappa shape index (κ3) is 11.0. The minimum absolute atomic E-state index is 0.284. The van der Waals surface area contributed by atoms with Gasteiger partial charge in [0.15, 0.2) is 0 Å². The molecule has 0 amide bonds. The van der Waals surface area contributed by atoms with Crippen molar-refractivity contribution in [2.45, 2.75) is 39.8 Å². The Morgan fingerprint density at radius 3 is 2.06 bits per heavy atom. The van der Waals surface area contributed by atoms with Crippen molar-refractivity contribution in [3.63, 3.8) is 0 Å². The zero-order valence-corrected chi connectivity index (χ0v) is 13.1. The second kappa shape index (κ2) is 9.73. The largest absolute Gasteiger partial charge is 0.390 e. The molecule has 0 bridgehead atoms. The summed E-state index contributed by atoms with van der Waals surface area (Å²) in [6, 6.07) is 0.431. The Morgan fingerprint density at radius 2 is 1.61 bits per heavy atom. The van der Waals surface area contributed by atoms with Gasteiger partial charge in [0.1, 0.15) is 0 Å². The molecule has 0 aliphatic rings. The van der Waals surface area contributed by atoms with E-state index in [1.807, 2.05) is 0 Å². The van der Waals surface area contributed by atoms with Crippen molar-refractivity contribution in [3.8, 4) is 0 Å². The van der Waals surface area contributed by atoms with Crippen molar-refractivity contribution in [1.29, 1.82) is 0 Å². The van der Waals surface area contributed by atoms with Gasteiger partial charge in [0.05, 0.1) is 6.10 Å². The Morgan fingerprint density at radius 1 is 1.00 bits per heavy atom. The molecule has 1 atom stereocenters. The van der Waals surface area contributed by atoms with Gasteiger partial charge in [-0.3, -0.25) is 4.90 Å². The normalized spacial score (nSPS) is 14.2. The highest BCUT2D eigenvalue weighted by atomic mass is 16.3. The molecule has 0 radical (unpaired) electrons. The molecular formula is C14H33N3O. The van der Waals surface area contributed by atoms with Gasteiger partial charge in [-0.05, 0) is 20.0 Å².